The predicted molar refractivity (Wildman–Crippen MR) is 77.7 cm³/mol. The van der Waals surface area contributed by atoms with Crippen LogP contribution in [0.4, 0.5) is 8.78 Å². The fraction of sp³-hybridized carbons (Fsp3) is 0.312. The molecule has 1 unspecified atom stereocenters. The van der Waals surface area contributed by atoms with Crippen LogP contribution >= 0.6 is 0 Å². The van der Waals surface area contributed by atoms with E-state index < -0.39 is 40.4 Å². The van der Waals surface area contributed by atoms with Crippen molar-refractivity contribution in [3.63, 3.8) is 0 Å². The van der Waals surface area contributed by atoms with Crippen LogP contribution < -0.4 is 5.43 Å². The lowest BCUT2D eigenvalue weighted by atomic mass is 9.94. The summed E-state index contributed by atoms with van der Waals surface area (Å²) < 4.78 is 34.1. The Bertz CT molecular complexity index is 917. The molecule has 2 aromatic rings. The van der Waals surface area contributed by atoms with E-state index in [2.05, 4.69) is 0 Å². The summed E-state index contributed by atoms with van der Waals surface area (Å²) in [5.74, 6) is -3.96. The van der Waals surface area contributed by atoms with Gasteiger partial charge in [0.15, 0.2) is 17.4 Å². The van der Waals surface area contributed by atoms with E-state index in [0.717, 1.165) is 6.07 Å². The van der Waals surface area contributed by atoms with Crippen molar-refractivity contribution < 1.29 is 23.1 Å². The lowest BCUT2D eigenvalue weighted by molar-refractivity contribution is 0.0524. The van der Waals surface area contributed by atoms with Gasteiger partial charge in [0.05, 0.1) is 23.1 Å². The number of esters is 1. The fourth-order valence-electron chi connectivity index (χ4n) is 2.89. The van der Waals surface area contributed by atoms with Gasteiger partial charge in [0.2, 0.25) is 5.43 Å². The molecule has 1 aromatic heterocycles. The Morgan fingerprint density at radius 1 is 1.39 bits per heavy atom. The molecule has 2 heterocycles. The molecule has 0 fully saturated rings. The Labute approximate surface area is 129 Å². The Hall–Kier alpha value is -2.57. The van der Waals surface area contributed by atoms with E-state index in [4.69, 9.17) is 4.74 Å². The molecule has 3 rings (SSSR count). The average molecular weight is 321 g/mol. The Morgan fingerprint density at radius 2 is 2.09 bits per heavy atom. The number of carbonyl (C=O) groups excluding carboxylic acids is 2. The second kappa shape index (κ2) is 5.26. The minimum absolute atomic E-state index is 0.0192. The Balaban J connectivity index is 2.47. The van der Waals surface area contributed by atoms with Crippen molar-refractivity contribution in [3.05, 3.63) is 45.2 Å². The topological polar surface area (TPSA) is 65.4 Å². The first-order valence-corrected chi connectivity index (χ1v) is 7.14. The van der Waals surface area contributed by atoms with Crippen molar-refractivity contribution in [2.75, 3.05) is 6.61 Å². The van der Waals surface area contributed by atoms with Gasteiger partial charge >= 0.3 is 5.97 Å². The first kappa shape index (κ1) is 15.3. The monoisotopic (exact) mass is 321 g/mol. The highest BCUT2D eigenvalue weighted by molar-refractivity contribution is 6.09. The first-order chi connectivity index (χ1) is 10.9. The summed E-state index contributed by atoms with van der Waals surface area (Å²) in [5.41, 5.74) is -1.47. The number of aromatic nitrogens is 1. The highest BCUT2D eigenvalue weighted by atomic mass is 19.2. The van der Waals surface area contributed by atoms with Gasteiger partial charge in [0.1, 0.15) is 5.56 Å². The molecule has 0 saturated carbocycles. The number of rotatable bonds is 2. The van der Waals surface area contributed by atoms with E-state index in [1.807, 2.05) is 0 Å². The van der Waals surface area contributed by atoms with Gasteiger partial charge in [-0.25, -0.2) is 13.6 Å². The van der Waals surface area contributed by atoms with Crippen LogP contribution in [0.15, 0.2) is 17.1 Å². The number of halogens is 2. The first-order valence-electron chi connectivity index (χ1n) is 7.14. The highest BCUT2D eigenvalue weighted by Crippen LogP contribution is 2.32. The summed E-state index contributed by atoms with van der Waals surface area (Å²) in [6.07, 6.45) is 1.20. The molecular weight excluding hydrogens is 308 g/mol. The van der Waals surface area contributed by atoms with E-state index in [0.29, 0.717) is 0 Å². The van der Waals surface area contributed by atoms with Crippen molar-refractivity contribution >= 4 is 22.7 Å². The quantitative estimate of drug-likeness (QED) is 0.798. The van der Waals surface area contributed by atoms with Crippen LogP contribution in [0.5, 0.6) is 0 Å². The molecule has 1 aromatic carbocycles. The molecule has 0 saturated heterocycles. The number of ketones is 1. The van der Waals surface area contributed by atoms with Gasteiger partial charge in [-0.05, 0) is 19.9 Å². The van der Waals surface area contributed by atoms with Crippen LogP contribution in [0.3, 0.4) is 0 Å². The molecule has 0 N–H and O–H groups in total. The number of carbonyl (C=O) groups is 2. The molecule has 23 heavy (non-hydrogen) atoms. The van der Waals surface area contributed by atoms with Gasteiger partial charge < -0.3 is 9.30 Å². The third-order valence-electron chi connectivity index (χ3n) is 3.94. The molecule has 0 bridgehead atoms. The van der Waals surface area contributed by atoms with E-state index in [-0.39, 0.29) is 29.5 Å². The maximum atomic E-state index is 14.0. The third-order valence-corrected chi connectivity index (χ3v) is 3.94. The molecule has 1 aliphatic rings. The van der Waals surface area contributed by atoms with Gasteiger partial charge in [0.25, 0.3) is 0 Å². The number of ether oxygens (including phenoxy) is 1. The summed E-state index contributed by atoms with van der Waals surface area (Å²) in [7, 11) is 0. The highest BCUT2D eigenvalue weighted by Gasteiger charge is 2.31. The summed E-state index contributed by atoms with van der Waals surface area (Å²) in [6.45, 7) is 3.36. The zero-order valence-corrected chi connectivity index (χ0v) is 12.5. The van der Waals surface area contributed by atoms with E-state index in [9.17, 15) is 23.2 Å². The summed E-state index contributed by atoms with van der Waals surface area (Å²) in [6, 6.07) is 0.331. The molecule has 1 atom stereocenters. The number of hydrogen-bond donors (Lipinski definition) is 0. The molecule has 7 heteroatoms. The number of pyridine rings is 1. The normalized spacial score (nSPS) is 16.7. The second-order valence-corrected chi connectivity index (χ2v) is 5.42. The van der Waals surface area contributed by atoms with Crippen LogP contribution in [-0.4, -0.2) is 22.9 Å². The maximum Gasteiger partial charge on any atom is 0.343 e. The minimum Gasteiger partial charge on any atom is -0.462 e. The summed E-state index contributed by atoms with van der Waals surface area (Å²) in [5, 5.41) is -0.204. The van der Waals surface area contributed by atoms with Gasteiger partial charge in [-0.2, -0.15) is 0 Å². The summed E-state index contributed by atoms with van der Waals surface area (Å²) in [4.78, 5) is 36.5. The number of hydrogen-bond acceptors (Lipinski definition) is 4. The van der Waals surface area contributed by atoms with Gasteiger partial charge in [-0.3, -0.25) is 9.59 Å². The number of nitrogens with zero attached hydrogens (tertiary/aromatic N) is 1. The minimum atomic E-state index is -1.29. The van der Waals surface area contributed by atoms with Crippen LogP contribution in [0, 0.1) is 11.6 Å². The third kappa shape index (κ3) is 2.15. The van der Waals surface area contributed by atoms with Gasteiger partial charge in [-0.1, -0.05) is 0 Å². The van der Waals surface area contributed by atoms with Crippen molar-refractivity contribution in [2.24, 2.45) is 0 Å². The Kier molecular flexibility index (Phi) is 3.50. The standard InChI is InChI=1S/C16H13F2NO4/c1-3-23-16(22)9-6-19-7(2)4-11(20)12-13(18)10(17)5-8(14(12)19)15(9)21/h5-7H,3-4H2,1-2H3. The van der Waals surface area contributed by atoms with E-state index in [1.54, 1.807) is 13.8 Å². The molecule has 1 aliphatic heterocycles. The van der Waals surface area contributed by atoms with Crippen molar-refractivity contribution in [3.8, 4) is 0 Å². The maximum absolute atomic E-state index is 14.0. The van der Waals surface area contributed by atoms with Crippen LogP contribution in [0.25, 0.3) is 10.9 Å². The van der Waals surface area contributed by atoms with Crippen LogP contribution in [0.1, 0.15) is 47.0 Å². The van der Waals surface area contributed by atoms with E-state index in [1.165, 1.54) is 10.8 Å². The largest absolute Gasteiger partial charge is 0.462 e. The zero-order valence-electron chi connectivity index (χ0n) is 12.5. The van der Waals surface area contributed by atoms with Crippen molar-refractivity contribution in [1.29, 1.82) is 0 Å². The molecular formula is C16H13F2NO4. The van der Waals surface area contributed by atoms with E-state index >= 15 is 0 Å². The van der Waals surface area contributed by atoms with Crippen LogP contribution in [-0.2, 0) is 4.74 Å². The predicted octanol–water partition coefficient (Wildman–Crippen LogP) is 2.60. The van der Waals surface area contributed by atoms with Gasteiger partial charge in [0, 0.05) is 18.7 Å². The second-order valence-electron chi connectivity index (χ2n) is 5.42. The molecule has 120 valence electrons. The zero-order chi connectivity index (χ0) is 16.9. The number of Topliss-reactive ketones (excluding diaryl/α,β-unsaturated/α-hetero) is 1. The molecule has 5 nitrogen and oxygen atoms in total. The molecule has 0 spiro atoms. The molecule has 0 aliphatic carbocycles. The average Bonchev–Trinajstić information content (AvgIpc) is 2.48. The molecule has 0 amide bonds. The molecule has 0 radical (unpaired) electrons. The smallest absolute Gasteiger partial charge is 0.343 e. The summed E-state index contributed by atoms with van der Waals surface area (Å²) >= 11 is 0. The SMILES string of the molecule is CCOC(=O)c1cn2c3c(c(F)c(F)cc3c1=O)C(=O)CC2C. The fourth-order valence-corrected chi connectivity index (χ4v) is 2.89. The van der Waals surface area contributed by atoms with Crippen LogP contribution in [0.2, 0.25) is 0 Å². The van der Waals surface area contributed by atoms with Crippen molar-refractivity contribution in [1.82, 2.24) is 4.57 Å². The van der Waals surface area contributed by atoms with Gasteiger partial charge in [-0.15, -0.1) is 0 Å². The lowest BCUT2D eigenvalue weighted by Crippen LogP contribution is -2.28. The number of benzene rings is 1. The lowest BCUT2D eigenvalue weighted by Gasteiger charge is -2.26. The Morgan fingerprint density at radius 3 is 2.74 bits per heavy atom. The van der Waals surface area contributed by atoms with Crippen molar-refractivity contribution in [2.45, 2.75) is 26.3 Å².